The van der Waals surface area contributed by atoms with Gasteiger partial charge in [-0.1, -0.05) is 12.1 Å². The summed E-state index contributed by atoms with van der Waals surface area (Å²) < 4.78 is 27.7. The molecule has 0 radical (unpaired) electrons. The van der Waals surface area contributed by atoms with E-state index in [0.717, 1.165) is 37.4 Å². The summed E-state index contributed by atoms with van der Waals surface area (Å²) in [5.41, 5.74) is 2.63. The Bertz CT molecular complexity index is 840. The van der Waals surface area contributed by atoms with E-state index in [0.29, 0.717) is 11.7 Å². The van der Waals surface area contributed by atoms with Crippen molar-refractivity contribution in [3.8, 4) is 0 Å². The predicted octanol–water partition coefficient (Wildman–Crippen LogP) is 3.33. The number of rotatable bonds is 5. The molecule has 0 unspecified atom stereocenters. The van der Waals surface area contributed by atoms with Gasteiger partial charge in [0.1, 0.15) is 0 Å². The fourth-order valence-corrected chi connectivity index (χ4v) is 4.40. The quantitative estimate of drug-likeness (QED) is 0.873. The monoisotopic (exact) mass is 373 g/mol. The van der Waals surface area contributed by atoms with E-state index in [1.54, 1.807) is 18.2 Å². The van der Waals surface area contributed by atoms with Crippen LogP contribution in [0.3, 0.4) is 0 Å². The molecule has 0 saturated carbocycles. The largest absolute Gasteiger partial charge is 0.369 e. The number of hydrogen-bond donors (Lipinski definition) is 1. The lowest BCUT2D eigenvalue weighted by Gasteiger charge is -2.38. The molecule has 0 aliphatic carbocycles. The SMILES string of the molecule is Cc1cccc(S(=O)(=O)Nc2ccc(N3CCN(C(C)C)CC3)cc2)c1. The average Bonchev–Trinajstić information content (AvgIpc) is 2.62. The molecule has 1 aliphatic heterocycles. The van der Waals surface area contributed by atoms with Crippen LogP contribution in [-0.4, -0.2) is 45.5 Å². The van der Waals surface area contributed by atoms with Crippen molar-refractivity contribution in [3.63, 3.8) is 0 Å². The minimum atomic E-state index is -3.56. The molecule has 6 heteroatoms. The molecule has 26 heavy (non-hydrogen) atoms. The summed E-state index contributed by atoms with van der Waals surface area (Å²) in [6.45, 7) is 10.4. The lowest BCUT2D eigenvalue weighted by Crippen LogP contribution is -2.48. The van der Waals surface area contributed by atoms with Crippen LogP contribution in [0.4, 0.5) is 11.4 Å². The number of anilines is 2. The van der Waals surface area contributed by atoms with Crippen LogP contribution in [0.25, 0.3) is 0 Å². The lowest BCUT2D eigenvalue weighted by atomic mass is 10.2. The molecule has 1 saturated heterocycles. The fraction of sp³-hybridized carbons (Fsp3) is 0.400. The first-order valence-electron chi connectivity index (χ1n) is 9.04. The highest BCUT2D eigenvalue weighted by Gasteiger charge is 2.19. The number of aryl methyl sites for hydroxylation is 1. The topological polar surface area (TPSA) is 52.7 Å². The Kier molecular flexibility index (Phi) is 5.53. The van der Waals surface area contributed by atoms with Gasteiger partial charge in [-0.05, 0) is 62.7 Å². The Labute approximate surface area is 156 Å². The summed E-state index contributed by atoms with van der Waals surface area (Å²) in [5.74, 6) is 0. The van der Waals surface area contributed by atoms with Gasteiger partial charge in [-0.15, -0.1) is 0 Å². The molecule has 1 aliphatic rings. The van der Waals surface area contributed by atoms with Gasteiger partial charge in [0.25, 0.3) is 10.0 Å². The Hall–Kier alpha value is -2.05. The number of nitrogens with zero attached hydrogens (tertiary/aromatic N) is 2. The molecule has 1 fully saturated rings. The molecule has 1 N–H and O–H groups in total. The van der Waals surface area contributed by atoms with Crippen LogP contribution in [0, 0.1) is 6.92 Å². The van der Waals surface area contributed by atoms with Crippen molar-refractivity contribution in [2.75, 3.05) is 35.8 Å². The predicted molar refractivity (Wildman–Crippen MR) is 107 cm³/mol. The van der Waals surface area contributed by atoms with Crippen LogP contribution in [0.1, 0.15) is 19.4 Å². The minimum absolute atomic E-state index is 0.284. The van der Waals surface area contributed by atoms with E-state index >= 15 is 0 Å². The fourth-order valence-electron chi connectivity index (χ4n) is 3.23. The Morgan fingerprint density at radius 3 is 2.19 bits per heavy atom. The Morgan fingerprint density at radius 1 is 0.962 bits per heavy atom. The van der Waals surface area contributed by atoms with Crippen LogP contribution in [0.15, 0.2) is 53.4 Å². The van der Waals surface area contributed by atoms with Gasteiger partial charge >= 0.3 is 0 Å². The Morgan fingerprint density at radius 2 is 1.62 bits per heavy atom. The summed E-state index contributed by atoms with van der Waals surface area (Å²) in [4.78, 5) is 5.10. The van der Waals surface area contributed by atoms with Gasteiger partial charge in [-0.25, -0.2) is 8.42 Å². The van der Waals surface area contributed by atoms with Crippen LogP contribution < -0.4 is 9.62 Å². The molecule has 0 bridgehead atoms. The van der Waals surface area contributed by atoms with E-state index in [9.17, 15) is 8.42 Å². The standard InChI is InChI=1S/C20H27N3O2S/c1-16(2)22-11-13-23(14-12-22)19-9-7-18(8-10-19)21-26(24,25)20-6-4-5-17(3)15-20/h4-10,15-16,21H,11-14H2,1-3H3. The van der Waals surface area contributed by atoms with Crippen LogP contribution >= 0.6 is 0 Å². The van der Waals surface area contributed by atoms with Crippen LogP contribution in [0.5, 0.6) is 0 Å². The molecule has 0 amide bonds. The summed E-state index contributed by atoms with van der Waals surface area (Å²) in [7, 11) is -3.56. The highest BCUT2D eigenvalue weighted by atomic mass is 32.2. The maximum atomic E-state index is 12.5. The van der Waals surface area contributed by atoms with Gasteiger partial charge in [0.05, 0.1) is 4.90 Å². The third kappa shape index (κ3) is 4.37. The first-order chi connectivity index (χ1) is 12.3. The first kappa shape index (κ1) is 18.7. The van der Waals surface area contributed by atoms with Gasteiger partial charge in [0.15, 0.2) is 0 Å². The second-order valence-electron chi connectivity index (χ2n) is 7.09. The number of nitrogens with one attached hydrogen (secondary N) is 1. The molecule has 0 aromatic heterocycles. The summed E-state index contributed by atoms with van der Waals surface area (Å²) in [6.07, 6.45) is 0. The highest BCUT2D eigenvalue weighted by molar-refractivity contribution is 7.92. The number of hydrogen-bond acceptors (Lipinski definition) is 4. The zero-order valence-corrected chi connectivity index (χ0v) is 16.5. The number of benzene rings is 2. The molecule has 1 heterocycles. The average molecular weight is 374 g/mol. The smallest absolute Gasteiger partial charge is 0.261 e. The second-order valence-corrected chi connectivity index (χ2v) is 8.77. The highest BCUT2D eigenvalue weighted by Crippen LogP contribution is 2.22. The summed E-state index contributed by atoms with van der Waals surface area (Å²) in [6, 6.07) is 15.1. The maximum Gasteiger partial charge on any atom is 0.261 e. The first-order valence-corrected chi connectivity index (χ1v) is 10.5. The van der Waals surface area contributed by atoms with Crippen molar-refractivity contribution < 1.29 is 8.42 Å². The molecule has 2 aromatic carbocycles. The minimum Gasteiger partial charge on any atom is -0.369 e. The van der Waals surface area contributed by atoms with Gasteiger partial charge in [0, 0.05) is 43.6 Å². The molecular weight excluding hydrogens is 346 g/mol. The molecular formula is C20H27N3O2S. The van der Waals surface area contributed by atoms with Crippen molar-refractivity contribution in [1.82, 2.24) is 4.90 Å². The van der Waals surface area contributed by atoms with Gasteiger partial charge in [-0.3, -0.25) is 9.62 Å². The number of piperazine rings is 1. The van der Waals surface area contributed by atoms with Gasteiger partial charge in [0.2, 0.25) is 0 Å². The van der Waals surface area contributed by atoms with Gasteiger partial charge < -0.3 is 4.90 Å². The summed E-state index contributed by atoms with van der Waals surface area (Å²) >= 11 is 0. The van der Waals surface area contributed by atoms with Crippen molar-refractivity contribution >= 4 is 21.4 Å². The molecule has 3 rings (SSSR count). The van der Waals surface area contributed by atoms with Crippen molar-refractivity contribution in [2.45, 2.75) is 31.7 Å². The summed E-state index contributed by atoms with van der Waals surface area (Å²) in [5, 5.41) is 0. The Balaban J connectivity index is 1.67. The third-order valence-corrected chi connectivity index (χ3v) is 6.21. The van der Waals surface area contributed by atoms with E-state index in [1.165, 1.54) is 0 Å². The van der Waals surface area contributed by atoms with E-state index < -0.39 is 10.0 Å². The van der Waals surface area contributed by atoms with E-state index in [1.807, 2.05) is 37.3 Å². The zero-order chi connectivity index (χ0) is 18.7. The van der Waals surface area contributed by atoms with E-state index in [-0.39, 0.29) is 4.90 Å². The molecule has 0 atom stereocenters. The second kappa shape index (κ2) is 7.68. The van der Waals surface area contributed by atoms with Crippen molar-refractivity contribution in [2.24, 2.45) is 0 Å². The zero-order valence-electron chi connectivity index (χ0n) is 15.6. The lowest BCUT2D eigenvalue weighted by molar-refractivity contribution is 0.209. The number of sulfonamides is 1. The molecule has 0 spiro atoms. The van der Waals surface area contributed by atoms with Crippen molar-refractivity contribution in [1.29, 1.82) is 0 Å². The maximum absolute atomic E-state index is 12.5. The third-order valence-electron chi connectivity index (χ3n) is 4.83. The van der Waals surface area contributed by atoms with E-state index in [2.05, 4.69) is 28.4 Å². The van der Waals surface area contributed by atoms with Gasteiger partial charge in [-0.2, -0.15) is 0 Å². The van der Waals surface area contributed by atoms with Crippen LogP contribution in [0.2, 0.25) is 0 Å². The van der Waals surface area contributed by atoms with Crippen LogP contribution in [-0.2, 0) is 10.0 Å². The normalized spacial score (nSPS) is 16.1. The van der Waals surface area contributed by atoms with E-state index in [4.69, 9.17) is 0 Å². The molecule has 140 valence electrons. The molecule has 2 aromatic rings. The molecule has 5 nitrogen and oxygen atoms in total. The van der Waals surface area contributed by atoms with Crippen molar-refractivity contribution in [3.05, 3.63) is 54.1 Å².